The van der Waals surface area contributed by atoms with E-state index in [1.165, 1.54) is 5.56 Å². The predicted octanol–water partition coefficient (Wildman–Crippen LogP) is 3.00. The Balaban J connectivity index is 1.39. The van der Waals surface area contributed by atoms with Crippen LogP contribution in [0.15, 0.2) is 42.0 Å². The molecule has 0 spiro atoms. The van der Waals surface area contributed by atoms with E-state index in [-0.39, 0.29) is 6.10 Å². The molecule has 5 nitrogen and oxygen atoms in total. The summed E-state index contributed by atoms with van der Waals surface area (Å²) in [5.74, 6) is 1.00. The third kappa shape index (κ3) is 3.40. The van der Waals surface area contributed by atoms with Crippen molar-refractivity contribution in [1.82, 2.24) is 19.9 Å². The first-order chi connectivity index (χ1) is 11.8. The van der Waals surface area contributed by atoms with Crippen LogP contribution in [0.3, 0.4) is 0 Å². The van der Waals surface area contributed by atoms with Crippen molar-refractivity contribution in [3.8, 4) is 11.3 Å². The first kappa shape index (κ1) is 15.5. The summed E-state index contributed by atoms with van der Waals surface area (Å²) in [4.78, 5) is 8.99. The van der Waals surface area contributed by atoms with Crippen LogP contribution in [-0.2, 0) is 24.4 Å². The van der Waals surface area contributed by atoms with Gasteiger partial charge in [0.25, 0.3) is 0 Å². The van der Waals surface area contributed by atoms with E-state index in [4.69, 9.17) is 9.72 Å². The van der Waals surface area contributed by atoms with Crippen LogP contribution in [0.4, 0.5) is 0 Å². The Bertz CT molecular complexity index is 795. The lowest BCUT2D eigenvalue weighted by molar-refractivity contribution is 0.00278. The van der Waals surface area contributed by atoms with E-state index in [9.17, 15) is 0 Å². The van der Waals surface area contributed by atoms with Crippen LogP contribution in [0, 0.1) is 6.92 Å². The molecule has 1 aliphatic rings. The average molecular weight is 340 g/mol. The molecule has 1 aromatic carbocycles. The highest BCUT2D eigenvalue weighted by molar-refractivity contribution is 7.09. The summed E-state index contributed by atoms with van der Waals surface area (Å²) in [6.45, 7) is 5.10. The maximum absolute atomic E-state index is 5.93. The van der Waals surface area contributed by atoms with E-state index < -0.39 is 0 Å². The van der Waals surface area contributed by atoms with E-state index in [1.807, 2.05) is 11.6 Å². The fourth-order valence-corrected chi connectivity index (χ4v) is 3.45. The van der Waals surface area contributed by atoms with Crippen LogP contribution in [-0.4, -0.2) is 27.2 Å². The Morgan fingerprint density at radius 1 is 1.33 bits per heavy atom. The summed E-state index contributed by atoms with van der Waals surface area (Å²) in [5.41, 5.74) is 3.43. The van der Waals surface area contributed by atoms with Gasteiger partial charge < -0.3 is 14.6 Å². The highest BCUT2D eigenvalue weighted by Crippen LogP contribution is 2.22. The van der Waals surface area contributed by atoms with E-state index in [0.29, 0.717) is 6.61 Å². The van der Waals surface area contributed by atoms with Crippen LogP contribution < -0.4 is 5.32 Å². The van der Waals surface area contributed by atoms with Gasteiger partial charge in [0.2, 0.25) is 0 Å². The molecule has 1 N–H and O–H groups in total. The molecule has 0 saturated carbocycles. The fourth-order valence-electron chi connectivity index (χ4n) is 2.86. The summed E-state index contributed by atoms with van der Waals surface area (Å²) < 4.78 is 8.15. The third-order valence-electron chi connectivity index (χ3n) is 4.19. The summed E-state index contributed by atoms with van der Waals surface area (Å²) in [7, 11) is 0. The Labute approximate surface area is 145 Å². The lowest BCUT2D eigenvalue weighted by Gasteiger charge is -2.24. The average Bonchev–Trinajstić information content (AvgIpc) is 3.24. The Kier molecular flexibility index (Phi) is 4.42. The van der Waals surface area contributed by atoms with Gasteiger partial charge in [-0.3, -0.25) is 0 Å². The van der Waals surface area contributed by atoms with Gasteiger partial charge in [-0.05, 0) is 6.92 Å². The SMILES string of the molecule is Cc1ccc(-c2cn3c(n2)COC(CNCc2nccs2)C3)cc1. The molecular weight excluding hydrogens is 320 g/mol. The lowest BCUT2D eigenvalue weighted by atomic mass is 10.1. The van der Waals surface area contributed by atoms with Crippen molar-refractivity contribution in [2.24, 2.45) is 0 Å². The number of nitrogens with zero attached hydrogens (tertiary/aromatic N) is 3. The number of rotatable bonds is 5. The number of fused-ring (bicyclic) bond motifs is 1. The van der Waals surface area contributed by atoms with Gasteiger partial charge in [-0.15, -0.1) is 11.3 Å². The third-order valence-corrected chi connectivity index (χ3v) is 4.97. The van der Waals surface area contributed by atoms with Crippen LogP contribution in [0.25, 0.3) is 11.3 Å². The smallest absolute Gasteiger partial charge is 0.135 e. The van der Waals surface area contributed by atoms with Gasteiger partial charge in [0.1, 0.15) is 17.4 Å². The number of ether oxygens (including phenoxy) is 1. The van der Waals surface area contributed by atoms with Crippen LogP contribution >= 0.6 is 11.3 Å². The van der Waals surface area contributed by atoms with Gasteiger partial charge in [0.05, 0.1) is 18.3 Å². The molecule has 0 aliphatic carbocycles. The zero-order valence-corrected chi connectivity index (χ0v) is 14.4. The van der Waals surface area contributed by atoms with E-state index in [1.54, 1.807) is 11.3 Å². The second kappa shape index (κ2) is 6.84. The van der Waals surface area contributed by atoms with E-state index in [0.717, 1.165) is 41.7 Å². The maximum atomic E-state index is 5.93. The van der Waals surface area contributed by atoms with Gasteiger partial charge >= 0.3 is 0 Å². The van der Waals surface area contributed by atoms with Crippen molar-refractivity contribution in [1.29, 1.82) is 0 Å². The molecule has 24 heavy (non-hydrogen) atoms. The molecule has 2 aromatic heterocycles. The first-order valence-electron chi connectivity index (χ1n) is 8.12. The molecule has 1 aliphatic heterocycles. The quantitative estimate of drug-likeness (QED) is 0.776. The number of nitrogens with one attached hydrogen (secondary N) is 1. The van der Waals surface area contributed by atoms with Crippen LogP contribution in [0.5, 0.6) is 0 Å². The minimum absolute atomic E-state index is 0.164. The standard InChI is InChI=1S/C18H20N4OS/c1-13-2-4-14(5-3-13)16-11-22-10-15(23-12-17(22)21-16)8-19-9-18-20-6-7-24-18/h2-7,11,15,19H,8-10,12H2,1H3. The Morgan fingerprint density at radius 2 is 2.21 bits per heavy atom. The van der Waals surface area contributed by atoms with Gasteiger partial charge in [-0.2, -0.15) is 0 Å². The predicted molar refractivity (Wildman–Crippen MR) is 94.8 cm³/mol. The Hall–Kier alpha value is -2.02. The van der Waals surface area contributed by atoms with Gasteiger partial charge in [0.15, 0.2) is 0 Å². The zero-order valence-electron chi connectivity index (χ0n) is 13.6. The van der Waals surface area contributed by atoms with Crippen molar-refractivity contribution >= 4 is 11.3 Å². The molecule has 3 aromatic rings. The number of hydrogen-bond donors (Lipinski definition) is 1. The number of benzene rings is 1. The molecule has 4 rings (SSSR count). The van der Waals surface area contributed by atoms with Gasteiger partial charge in [0, 0.05) is 36.4 Å². The highest BCUT2D eigenvalue weighted by Gasteiger charge is 2.21. The normalized spacial score (nSPS) is 17.0. The molecule has 0 bridgehead atoms. The molecule has 0 fully saturated rings. The highest BCUT2D eigenvalue weighted by atomic mass is 32.1. The molecule has 1 unspecified atom stereocenters. The van der Waals surface area contributed by atoms with Crippen molar-refractivity contribution in [2.75, 3.05) is 6.54 Å². The molecule has 124 valence electrons. The summed E-state index contributed by atoms with van der Waals surface area (Å²) >= 11 is 1.67. The first-order valence-corrected chi connectivity index (χ1v) is 8.99. The summed E-state index contributed by atoms with van der Waals surface area (Å²) in [6.07, 6.45) is 4.14. The zero-order chi connectivity index (χ0) is 16.4. The van der Waals surface area contributed by atoms with Gasteiger partial charge in [-0.1, -0.05) is 29.8 Å². The maximum Gasteiger partial charge on any atom is 0.135 e. The van der Waals surface area contributed by atoms with Crippen molar-refractivity contribution in [3.05, 3.63) is 58.4 Å². The number of imidazole rings is 1. The lowest BCUT2D eigenvalue weighted by Crippen LogP contribution is -2.35. The van der Waals surface area contributed by atoms with Crippen molar-refractivity contribution < 1.29 is 4.74 Å². The monoisotopic (exact) mass is 340 g/mol. The largest absolute Gasteiger partial charge is 0.367 e. The molecule has 1 atom stereocenters. The molecule has 0 radical (unpaired) electrons. The number of aryl methyl sites for hydroxylation is 1. The van der Waals surface area contributed by atoms with Gasteiger partial charge in [-0.25, -0.2) is 9.97 Å². The minimum atomic E-state index is 0.164. The number of thiazole rings is 1. The molecule has 0 amide bonds. The molecular formula is C18H20N4OS. The van der Waals surface area contributed by atoms with Crippen molar-refractivity contribution in [2.45, 2.75) is 32.7 Å². The number of aromatic nitrogens is 3. The molecule has 0 saturated heterocycles. The van der Waals surface area contributed by atoms with E-state index in [2.05, 4.69) is 52.3 Å². The van der Waals surface area contributed by atoms with Crippen LogP contribution in [0.1, 0.15) is 16.4 Å². The Morgan fingerprint density at radius 3 is 3.00 bits per heavy atom. The van der Waals surface area contributed by atoms with E-state index >= 15 is 0 Å². The summed E-state index contributed by atoms with van der Waals surface area (Å²) in [6, 6.07) is 8.49. The fraction of sp³-hybridized carbons (Fsp3) is 0.333. The second-order valence-electron chi connectivity index (χ2n) is 6.05. The van der Waals surface area contributed by atoms with Crippen LogP contribution in [0.2, 0.25) is 0 Å². The topological polar surface area (TPSA) is 52.0 Å². The molecule has 6 heteroatoms. The van der Waals surface area contributed by atoms with Crippen molar-refractivity contribution in [3.63, 3.8) is 0 Å². The number of hydrogen-bond acceptors (Lipinski definition) is 5. The molecule has 3 heterocycles. The summed E-state index contributed by atoms with van der Waals surface area (Å²) in [5, 5.41) is 6.53. The second-order valence-corrected chi connectivity index (χ2v) is 7.03. The minimum Gasteiger partial charge on any atom is -0.367 e.